The lowest BCUT2D eigenvalue weighted by molar-refractivity contribution is 0.522. The van der Waals surface area contributed by atoms with Gasteiger partial charge in [-0.05, 0) is 47.2 Å². The maximum absolute atomic E-state index is 2.30. The number of hydrogen-bond acceptors (Lipinski definition) is 0. The summed E-state index contributed by atoms with van der Waals surface area (Å²) < 4.78 is 0. The van der Waals surface area contributed by atoms with Gasteiger partial charge in [-0.25, -0.2) is 0 Å². The van der Waals surface area contributed by atoms with Crippen LogP contribution in [0.5, 0.6) is 0 Å². The van der Waals surface area contributed by atoms with Crippen LogP contribution in [0.2, 0.25) is 0 Å². The monoisotopic (exact) mass is 206 g/mol. The molecular formula is C16H14. The smallest absolute Gasteiger partial charge is 0.0210 e. The fourth-order valence-corrected chi connectivity index (χ4v) is 3.61. The first-order valence-corrected chi connectivity index (χ1v) is 5.98. The molecule has 0 amide bonds. The van der Waals surface area contributed by atoms with Crippen molar-refractivity contribution in [2.24, 2.45) is 0 Å². The molecule has 0 radical (unpaired) electrons. The molecule has 0 nitrogen and oxygen atoms in total. The van der Waals surface area contributed by atoms with Crippen molar-refractivity contribution in [2.45, 2.75) is 25.7 Å². The summed E-state index contributed by atoms with van der Waals surface area (Å²) in [5.41, 5.74) is 9.29. The van der Waals surface area contributed by atoms with Gasteiger partial charge in [-0.3, -0.25) is 0 Å². The van der Waals surface area contributed by atoms with Crippen LogP contribution < -0.4 is 0 Å². The molecule has 2 aliphatic rings. The third-order valence-electron chi connectivity index (χ3n) is 4.34. The second-order valence-electron chi connectivity index (χ2n) is 5.11. The molecule has 0 fully saturated rings. The van der Waals surface area contributed by atoms with Crippen molar-refractivity contribution in [1.29, 1.82) is 0 Å². The van der Waals surface area contributed by atoms with Gasteiger partial charge in [0.05, 0.1) is 0 Å². The van der Waals surface area contributed by atoms with E-state index in [-0.39, 0.29) is 0 Å². The third-order valence-corrected chi connectivity index (χ3v) is 4.34. The minimum absolute atomic E-state index is 0.713. The van der Waals surface area contributed by atoms with Crippen molar-refractivity contribution in [3.05, 3.63) is 69.8 Å². The SMILES string of the molecule is Cc1cccc2c1C1c3c(C)cccc3C21. The Morgan fingerprint density at radius 2 is 1.19 bits per heavy atom. The molecule has 0 unspecified atom stereocenters. The Labute approximate surface area is 95.9 Å². The van der Waals surface area contributed by atoms with E-state index in [0.29, 0.717) is 11.8 Å². The zero-order valence-corrected chi connectivity index (χ0v) is 9.62. The lowest BCUT2D eigenvalue weighted by Crippen LogP contribution is -2.37. The van der Waals surface area contributed by atoms with E-state index < -0.39 is 0 Å². The van der Waals surface area contributed by atoms with Crippen LogP contribution in [-0.2, 0) is 0 Å². The molecular weight excluding hydrogens is 192 g/mol. The van der Waals surface area contributed by atoms with Crippen LogP contribution >= 0.6 is 0 Å². The van der Waals surface area contributed by atoms with E-state index in [1.54, 1.807) is 22.3 Å². The molecule has 2 aliphatic carbocycles. The third kappa shape index (κ3) is 0.755. The van der Waals surface area contributed by atoms with Crippen LogP contribution in [0.1, 0.15) is 45.2 Å². The van der Waals surface area contributed by atoms with Gasteiger partial charge in [0.25, 0.3) is 0 Å². The van der Waals surface area contributed by atoms with Crippen molar-refractivity contribution >= 4 is 0 Å². The first-order chi connectivity index (χ1) is 7.79. The highest BCUT2D eigenvalue weighted by molar-refractivity contribution is 5.69. The van der Waals surface area contributed by atoms with Gasteiger partial charge in [0.2, 0.25) is 0 Å². The predicted octanol–water partition coefficient (Wildman–Crippen LogP) is 3.89. The summed E-state index contributed by atoms with van der Waals surface area (Å²) >= 11 is 0. The lowest BCUT2D eigenvalue weighted by atomic mass is 9.51. The average Bonchev–Trinajstić information content (AvgIpc) is 2.21. The van der Waals surface area contributed by atoms with E-state index in [1.165, 1.54) is 11.1 Å². The zero-order chi connectivity index (χ0) is 10.9. The highest BCUT2D eigenvalue weighted by atomic mass is 14.5. The van der Waals surface area contributed by atoms with Gasteiger partial charge in [-0.2, -0.15) is 0 Å². The van der Waals surface area contributed by atoms with Gasteiger partial charge in [0.15, 0.2) is 0 Å². The van der Waals surface area contributed by atoms with Crippen LogP contribution in [0.25, 0.3) is 0 Å². The summed E-state index contributed by atoms with van der Waals surface area (Å²) in [7, 11) is 0. The quantitative estimate of drug-likeness (QED) is 0.613. The Kier molecular flexibility index (Phi) is 1.38. The molecule has 0 aromatic heterocycles. The molecule has 0 bridgehead atoms. The van der Waals surface area contributed by atoms with Gasteiger partial charge in [0.1, 0.15) is 0 Å². The fourth-order valence-electron chi connectivity index (χ4n) is 3.61. The molecule has 16 heavy (non-hydrogen) atoms. The van der Waals surface area contributed by atoms with Crippen LogP contribution in [0.15, 0.2) is 36.4 Å². The Morgan fingerprint density at radius 1 is 0.688 bits per heavy atom. The summed E-state index contributed by atoms with van der Waals surface area (Å²) in [6.45, 7) is 4.48. The molecule has 2 aromatic rings. The van der Waals surface area contributed by atoms with E-state index in [9.17, 15) is 0 Å². The lowest BCUT2D eigenvalue weighted by Gasteiger charge is -2.51. The summed E-state index contributed by atoms with van der Waals surface area (Å²) in [6.07, 6.45) is 0. The summed E-state index contributed by atoms with van der Waals surface area (Å²) in [6, 6.07) is 13.5. The molecule has 0 spiro atoms. The van der Waals surface area contributed by atoms with Crippen LogP contribution in [0, 0.1) is 13.8 Å². The van der Waals surface area contributed by atoms with Crippen LogP contribution in [0.3, 0.4) is 0 Å². The minimum atomic E-state index is 0.713. The average molecular weight is 206 g/mol. The first-order valence-electron chi connectivity index (χ1n) is 5.98. The van der Waals surface area contributed by atoms with Gasteiger partial charge < -0.3 is 0 Å². The van der Waals surface area contributed by atoms with Crippen molar-refractivity contribution < 1.29 is 0 Å². The molecule has 0 heterocycles. The fraction of sp³-hybridized carbons (Fsp3) is 0.250. The maximum Gasteiger partial charge on any atom is 0.0210 e. The zero-order valence-electron chi connectivity index (χ0n) is 9.62. The second-order valence-corrected chi connectivity index (χ2v) is 5.11. The minimum Gasteiger partial charge on any atom is -0.0617 e. The topological polar surface area (TPSA) is 0 Å². The van der Waals surface area contributed by atoms with E-state index >= 15 is 0 Å². The largest absolute Gasteiger partial charge is 0.0617 e. The molecule has 0 saturated carbocycles. The van der Waals surface area contributed by atoms with Gasteiger partial charge >= 0.3 is 0 Å². The maximum atomic E-state index is 2.30. The normalized spacial score (nSPS) is 23.6. The van der Waals surface area contributed by atoms with Crippen molar-refractivity contribution in [3.8, 4) is 0 Å². The number of hydrogen-bond donors (Lipinski definition) is 0. The standard InChI is InChI=1S/C16H14/c1-9-5-3-7-11-13(9)16-14-10(2)6-4-8-12(14)15(11)16/h3-8,15-16H,1-2H3. The van der Waals surface area contributed by atoms with E-state index in [1.807, 2.05) is 0 Å². The van der Waals surface area contributed by atoms with Crippen molar-refractivity contribution in [3.63, 3.8) is 0 Å². The highest BCUT2D eigenvalue weighted by Gasteiger charge is 2.50. The Bertz CT molecular complexity index is 554. The number of fused-ring (bicyclic) bond motifs is 7. The first kappa shape index (κ1) is 8.58. The van der Waals surface area contributed by atoms with Crippen LogP contribution in [-0.4, -0.2) is 0 Å². The number of rotatable bonds is 0. The molecule has 0 atom stereocenters. The summed E-state index contributed by atoms with van der Waals surface area (Å²) in [4.78, 5) is 0. The summed E-state index contributed by atoms with van der Waals surface area (Å²) in [5.74, 6) is 1.43. The Hall–Kier alpha value is -1.56. The van der Waals surface area contributed by atoms with Gasteiger partial charge in [-0.1, -0.05) is 36.4 Å². The molecule has 0 aliphatic heterocycles. The highest BCUT2D eigenvalue weighted by Crippen LogP contribution is 2.64. The molecule has 0 heteroatoms. The van der Waals surface area contributed by atoms with Crippen molar-refractivity contribution in [1.82, 2.24) is 0 Å². The molecule has 4 rings (SSSR count). The molecule has 2 aromatic carbocycles. The molecule has 0 saturated heterocycles. The number of benzene rings is 2. The Balaban J connectivity index is 1.97. The second kappa shape index (κ2) is 2.57. The summed E-state index contributed by atoms with van der Waals surface area (Å²) in [5, 5.41) is 0. The van der Waals surface area contributed by atoms with Crippen LogP contribution in [0.4, 0.5) is 0 Å². The van der Waals surface area contributed by atoms with Gasteiger partial charge in [-0.15, -0.1) is 0 Å². The predicted molar refractivity (Wildman–Crippen MR) is 66.0 cm³/mol. The van der Waals surface area contributed by atoms with Crippen molar-refractivity contribution in [2.75, 3.05) is 0 Å². The molecule has 0 N–H and O–H groups in total. The molecule has 78 valence electrons. The van der Waals surface area contributed by atoms with E-state index in [2.05, 4.69) is 50.2 Å². The van der Waals surface area contributed by atoms with E-state index in [4.69, 9.17) is 0 Å². The Morgan fingerprint density at radius 3 is 1.69 bits per heavy atom. The van der Waals surface area contributed by atoms with E-state index in [0.717, 1.165) is 0 Å². The number of aryl methyl sites for hydroxylation is 2. The van der Waals surface area contributed by atoms with Gasteiger partial charge in [0, 0.05) is 11.8 Å².